The maximum Gasteiger partial charge on any atom is 0.229 e. The van der Waals surface area contributed by atoms with Crippen molar-refractivity contribution in [3.63, 3.8) is 0 Å². The lowest BCUT2D eigenvalue weighted by atomic mass is 9.87. The molecule has 0 bridgehead atoms. The number of benzene rings is 1. The molecule has 1 aromatic heterocycles. The number of anilines is 4. The molecule has 4 rings (SSSR count). The molecule has 3 N–H and O–H groups in total. The van der Waals surface area contributed by atoms with Gasteiger partial charge in [0.1, 0.15) is 5.82 Å². The number of hydrogen-bond acceptors (Lipinski definition) is 5. The zero-order valence-corrected chi connectivity index (χ0v) is 16.3. The molecule has 6 nitrogen and oxygen atoms in total. The first-order chi connectivity index (χ1) is 12.6. The van der Waals surface area contributed by atoms with Crippen molar-refractivity contribution in [2.24, 2.45) is 5.92 Å². The molecule has 0 spiro atoms. The smallest absolute Gasteiger partial charge is 0.229 e. The number of carbonyl (C=O) groups excluding carboxylic acids is 1. The van der Waals surface area contributed by atoms with Crippen LogP contribution in [0.4, 0.5) is 23.1 Å². The first kappa shape index (κ1) is 17.3. The van der Waals surface area contributed by atoms with E-state index in [-0.39, 0.29) is 5.91 Å². The highest BCUT2D eigenvalue weighted by molar-refractivity contribution is 9.10. The van der Waals surface area contributed by atoms with Crippen LogP contribution < -0.4 is 16.0 Å². The van der Waals surface area contributed by atoms with Crippen molar-refractivity contribution in [3.05, 3.63) is 34.4 Å². The van der Waals surface area contributed by atoms with Crippen molar-refractivity contribution in [1.29, 1.82) is 0 Å². The molecule has 1 aromatic carbocycles. The van der Waals surface area contributed by atoms with E-state index < -0.39 is 0 Å². The fraction of sp³-hybridized carbons (Fsp3) is 0.421. The zero-order valence-electron chi connectivity index (χ0n) is 14.7. The monoisotopic (exact) mass is 415 g/mol. The Hall–Kier alpha value is -2.15. The Morgan fingerprint density at radius 3 is 2.85 bits per heavy atom. The van der Waals surface area contributed by atoms with Gasteiger partial charge in [-0.15, -0.1) is 0 Å². The average molecular weight is 416 g/mol. The summed E-state index contributed by atoms with van der Waals surface area (Å²) >= 11 is 3.54. The highest BCUT2D eigenvalue weighted by atomic mass is 79.9. The van der Waals surface area contributed by atoms with E-state index in [1.165, 1.54) is 25.7 Å². The highest BCUT2D eigenvalue weighted by Crippen LogP contribution is 2.30. The minimum Gasteiger partial charge on any atom is -0.366 e. The average Bonchev–Trinajstić information content (AvgIpc) is 2.99. The molecule has 0 atom stereocenters. The molecular weight excluding hydrogens is 394 g/mol. The van der Waals surface area contributed by atoms with Gasteiger partial charge in [-0.25, -0.2) is 4.98 Å². The molecule has 1 amide bonds. The number of rotatable bonds is 4. The molecule has 1 saturated carbocycles. The first-order valence-corrected chi connectivity index (χ1v) is 9.85. The molecule has 2 heterocycles. The summed E-state index contributed by atoms with van der Waals surface area (Å²) in [5.41, 5.74) is 2.75. The summed E-state index contributed by atoms with van der Waals surface area (Å²) in [6.45, 7) is 2.32. The van der Waals surface area contributed by atoms with E-state index in [0.717, 1.165) is 33.1 Å². The number of nitrogens with one attached hydrogen (secondary N) is 3. The number of halogens is 1. The van der Waals surface area contributed by atoms with Gasteiger partial charge in [-0.2, -0.15) is 4.98 Å². The molecule has 1 aliphatic carbocycles. The number of carbonyl (C=O) groups is 1. The number of hydrogen-bond donors (Lipinski definition) is 3. The largest absolute Gasteiger partial charge is 0.366 e. The van der Waals surface area contributed by atoms with Crippen LogP contribution in [0.5, 0.6) is 0 Å². The van der Waals surface area contributed by atoms with Gasteiger partial charge in [-0.05, 0) is 71.3 Å². The molecule has 0 radical (unpaired) electrons. The van der Waals surface area contributed by atoms with E-state index in [4.69, 9.17) is 0 Å². The summed E-state index contributed by atoms with van der Waals surface area (Å²) < 4.78 is 0.866. The van der Waals surface area contributed by atoms with Gasteiger partial charge in [0.05, 0.1) is 10.9 Å². The van der Waals surface area contributed by atoms with Crippen LogP contribution in [0.2, 0.25) is 0 Å². The van der Waals surface area contributed by atoms with Crippen LogP contribution in [-0.4, -0.2) is 21.9 Å². The van der Waals surface area contributed by atoms with Crippen molar-refractivity contribution in [2.45, 2.75) is 45.1 Å². The van der Waals surface area contributed by atoms with Gasteiger partial charge in [0.15, 0.2) is 0 Å². The zero-order chi connectivity index (χ0) is 18.1. The third-order valence-corrected chi connectivity index (χ3v) is 5.67. The Balaban J connectivity index is 1.48. The van der Waals surface area contributed by atoms with Crippen molar-refractivity contribution in [3.8, 4) is 0 Å². The SMILES string of the molecule is CC1CCC(Nc2nc(Nc3ccc4c(c3)CC(=O)N4)ncc2Br)CC1. The van der Waals surface area contributed by atoms with Crippen molar-refractivity contribution >= 4 is 45.0 Å². The lowest BCUT2D eigenvalue weighted by Crippen LogP contribution is -2.26. The predicted molar refractivity (Wildman–Crippen MR) is 107 cm³/mol. The molecule has 0 unspecified atom stereocenters. The summed E-state index contributed by atoms with van der Waals surface area (Å²) in [6.07, 6.45) is 7.04. The van der Waals surface area contributed by atoms with Gasteiger partial charge in [-0.1, -0.05) is 6.92 Å². The van der Waals surface area contributed by atoms with Gasteiger partial charge in [-0.3, -0.25) is 4.79 Å². The van der Waals surface area contributed by atoms with Gasteiger partial charge in [0.2, 0.25) is 11.9 Å². The molecular formula is C19H22BrN5O. The Labute approximate surface area is 161 Å². The maximum absolute atomic E-state index is 11.5. The van der Waals surface area contributed by atoms with Crippen LogP contribution >= 0.6 is 15.9 Å². The van der Waals surface area contributed by atoms with Crippen molar-refractivity contribution < 1.29 is 4.79 Å². The summed E-state index contributed by atoms with van der Waals surface area (Å²) in [5.74, 6) is 2.21. The number of nitrogens with zero attached hydrogens (tertiary/aromatic N) is 2. The highest BCUT2D eigenvalue weighted by Gasteiger charge is 2.20. The maximum atomic E-state index is 11.5. The number of amides is 1. The Kier molecular flexibility index (Phi) is 4.80. The van der Waals surface area contributed by atoms with Crippen LogP contribution in [0.25, 0.3) is 0 Å². The summed E-state index contributed by atoms with van der Waals surface area (Å²) in [6, 6.07) is 6.26. The van der Waals surface area contributed by atoms with Gasteiger partial charge in [0.25, 0.3) is 0 Å². The lowest BCUT2D eigenvalue weighted by Gasteiger charge is -2.27. The Bertz CT molecular complexity index is 833. The van der Waals surface area contributed by atoms with E-state index in [1.54, 1.807) is 6.20 Å². The molecule has 1 aliphatic heterocycles. The third kappa shape index (κ3) is 3.82. The van der Waals surface area contributed by atoms with Crippen LogP contribution in [0, 0.1) is 5.92 Å². The van der Waals surface area contributed by atoms with E-state index >= 15 is 0 Å². The Morgan fingerprint density at radius 2 is 2.04 bits per heavy atom. The van der Waals surface area contributed by atoms with E-state index in [1.807, 2.05) is 18.2 Å². The fourth-order valence-electron chi connectivity index (χ4n) is 3.56. The lowest BCUT2D eigenvalue weighted by molar-refractivity contribution is -0.115. The minimum atomic E-state index is 0.0327. The second-order valence-corrected chi connectivity index (χ2v) is 8.07. The van der Waals surface area contributed by atoms with Gasteiger partial charge >= 0.3 is 0 Å². The topological polar surface area (TPSA) is 78.9 Å². The second kappa shape index (κ2) is 7.23. The van der Waals surface area contributed by atoms with Crippen molar-refractivity contribution in [2.75, 3.05) is 16.0 Å². The molecule has 1 fully saturated rings. The molecule has 7 heteroatoms. The Morgan fingerprint density at radius 1 is 1.23 bits per heavy atom. The van der Waals surface area contributed by atoms with Crippen LogP contribution in [0.15, 0.2) is 28.9 Å². The summed E-state index contributed by atoms with van der Waals surface area (Å²) in [7, 11) is 0. The minimum absolute atomic E-state index is 0.0327. The quantitative estimate of drug-likeness (QED) is 0.686. The van der Waals surface area contributed by atoms with E-state index in [9.17, 15) is 4.79 Å². The normalized spacial score (nSPS) is 21.8. The van der Waals surface area contributed by atoms with Gasteiger partial charge < -0.3 is 16.0 Å². The molecule has 136 valence electrons. The third-order valence-electron chi connectivity index (χ3n) is 5.09. The predicted octanol–water partition coefficient (Wildman–Crippen LogP) is 4.47. The first-order valence-electron chi connectivity index (χ1n) is 9.05. The molecule has 26 heavy (non-hydrogen) atoms. The number of aromatic nitrogens is 2. The van der Waals surface area contributed by atoms with Crippen LogP contribution in [0.3, 0.4) is 0 Å². The standard InChI is InChI=1S/C19H22BrN5O/c1-11-2-4-13(5-3-11)22-18-15(20)10-21-19(25-18)23-14-6-7-16-12(8-14)9-17(26)24-16/h6-8,10-11,13H,2-5,9H2,1H3,(H,24,26)(H2,21,22,23,25). The van der Waals surface area contributed by atoms with E-state index in [2.05, 4.69) is 48.8 Å². The second-order valence-electron chi connectivity index (χ2n) is 7.21. The number of fused-ring (bicyclic) bond motifs is 1. The van der Waals surface area contributed by atoms with Crippen molar-refractivity contribution in [1.82, 2.24) is 9.97 Å². The molecule has 2 aliphatic rings. The van der Waals surface area contributed by atoms with Crippen LogP contribution in [-0.2, 0) is 11.2 Å². The molecule has 0 saturated heterocycles. The van der Waals surface area contributed by atoms with E-state index in [0.29, 0.717) is 18.4 Å². The van der Waals surface area contributed by atoms with Gasteiger partial charge in [0, 0.05) is 23.6 Å². The fourth-order valence-corrected chi connectivity index (χ4v) is 3.87. The summed E-state index contributed by atoms with van der Waals surface area (Å²) in [5, 5.41) is 9.63. The molecule has 2 aromatic rings. The van der Waals surface area contributed by atoms with Crippen LogP contribution in [0.1, 0.15) is 38.2 Å². The summed E-state index contributed by atoms with van der Waals surface area (Å²) in [4.78, 5) is 20.5.